The lowest BCUT2D eigenvalue weighted by Gasteiger charge is -2.41. The summed E-state index contributed by atoms with van der Waals surface area (Å²) in [5.74, 6) is 1.46. The first-order valence-corrected chi connectivity index (χ1v) is 46.4. The maximum absolute atomic E-state index is 12.3. The Hall–Kier alpha value is -10.6. The lowest BCUT2D eigenvalue weighted by Crippen LogP contribution is -2.54. The molecule has 4 amide bonds. The molecule has 714 valence electrons. The lowest BCUT2D eigenvalue weighted by atomic mass is 10.1. The van der Waals surface area contributed by atoms with Crippen LogP contribution in [0.4, 0.5) is 82.4 Å². The number of nitro groups is 2. The molecule has 5 fully saturated rings. The fourth-order valence-corrected chi connectivity index (χ4v) is 16.2. The van der Waals surface area contributed by atoms with Gasteiger partial charge in [-0.3, -0.25) is 14.4 Å². The van der Waals surface area contributed by atoms with Crippen LogP contribution in [0.2, 0.25) is 0 Å². The Morgan fingerprint density at radius 3 is 1.08 bits per heavy atom. The molecule has 0 bridgehead atoms. The van der Waals surface area contributed by atoms with E-state index in [1.54, 1.807) is 108 Å². The number of rotatable bonds is 10. The van der Waals surface area contributed by atoms with Crippen LogP contribution in [-0.2, 0) is 40.1 Å². The molecule has 5 saturated heterocycles. The number of halogens is 5. The van der Waals surface area contributed by atoms with Gasteiger partial charge in [-0.15, -0.1) is 0 Å². The molecule has 5 atom stereocenters. The molecule has 8 aromatic heterocycles. The number of aryl methyl sites for hydroxylation is 3. The summed E-state index contributed by atoms with van der Waals surface area (Å²) in [7, 11) is 5.13. The molecule has 5 aliphatic heterocycles. The zero-order chi connectivity index (χ0) is 97.3. The summed E-state index contributed by atoms with van der Waals surface area (Å²) in [4.78, 5) is 139. The Labute approximate surface area is 806 Å². The van der Waals surface area contributed by atoms with Crippen molar-refractivity contribution in [1.29, 1.82) is 0 Å². The van der Waals surface area contributed by atoms with Crippen LogP contribution in [0.15, 0.2) is 165 Å². The second-order valence-electron chi connectivity index (χ2n) is 35.6. The number of amides is 4. The minimum atomic E-state index is -0.535. The van der Waals surface area contributed by atoms with Crippen molar-refractivity contribution in [3.05, 3.63) is 202 Å². The molecule has 38 nitrogen and oxygen atoms in total. The van der Waals surface area contributed by atoms with E-state index in [1.807, 2.05) is 127 Å². The fourth-order valence-electron chi connectivity index (χ4n) is 13.5. The number of nitrogen functional groups attached to an aromatic ring is 1. The topological polar surface area (TPSA) is 422 Å². The number of ether oxygens (including phenoxy) is 4. The molecule has 0 unspecified atom stereocenters. The number of nitrogens with two attached hydrogens (primary N) is 1. The molecule has 6 N–H and O–H groups in total. The van der Waals surface area contributed by atoms with Crippen molar-refractivity contribution < 1.29 is 48.0 Å². The number of anilines is 9. The number of aromatic nitrogens is 8. The number of carbonyl (C=O) groups is 4. The first kappa shape index (κ1) is 107. The Morgan fingerprint density at radius 2 is 0.763 bits per heavy atom. The van der Waals surface area contributed by atoms with Crippen LogP contribution in [-0.4, -0.2) is 243 Å². The molecule has 0 saturated carbocycles. The van der Waals surface area contributed by atoms with Crippen molar-refractivity contribution >= 4 is 167 Å². The zero-order valence-corrected chi connectivity index (χ0v) is 85.7. The van der Waals surface area contributed by atoms with Gasteiger partial charge in [-0.2, -0.15) is 0 Å². The summed E-state index contributed by atoms with van der Waals surface area (Å²) >= 11 is 16.3. The Morgan fingerprint density at radius 1 is 0.420 bits per heavy atom. The number of piperazine rings is 5. The van der Waals surface area contributed by atoms with Crippen molar-refractivity contribution in [2.45, 2.75) is 170 Å². The molecule has 13 heterocycles. The quantitative estimate of drug-likeness (QED) is 0.0482. The van der Waals surface area contributed by atoms with Gasteiger partial charge in [0.15, 0.2) is 12.4 Å². The molecule has 43 heteroatoms. The normalized spacial score (nSPS) is 17.5. The van der Waals surface area contributed by atoms with Gasteiger partial charge in [0.25, 0.3) is 16.7 Å². The van der Waals surface area contributed by atoms with E-state index in [2.05, 4.69) is 173 Å². The molecular formula is C88H122Br5N23O15. The summed E-state index contributed by atoms with van der Waals surface area (Å²) in [6.07, 6.45) is 12.4. The predicted molar refractivity (Wildman–Crippen MR) is 528 cm³/mol. The van der Waals surface area contributed by atoms with Gasteiger partial charge in [0, 0.05) is 194 Å². The highest BCUT2D eigenvalue weighted by molar-refractivity contribution is 9.11. The van der Waals surface area contributed by atoms with Gasteiger partial charge < -0.3 is 119 Å². The molecule has 0 radical (unpaired) electrons. The fraction of sp³-hybridized carbons (Fsp3) is 0.500. The van der Waals surface area contributed by atoms with Gasteiger partial charge in [-0.05, 0) is 284 Å². The third kappa shape index (κ3) is 35.5. The van der Waals surface area contributed by atoms with Crippen molar-refractivity contribution in [1.82, 2.24) is 68.9 Å². The van der Waals surface area contributed by atoms with E-state index < -0.39 is 32.3 Å². The molecule has 131 heavy (non-hydrogen) atoms. The van der Waals surface area contributed by atoms with Gasteiger partial charge >= 0.3 is 36.0 Å². The highest BCUT2D eigenvalue weighted by Crippen LogP contribution is 2.29. The number of hydrogen-bond donors (Lipinski definition) is 5. The highest BCUT2D eigenvalue weighted by Gasteiger charge is 2.35. The van der Waals surface area contributed by atoms with Crippen LogP contribution in [0.1, 0.15) is 118 Å². The summed E-state index contributed by atoms with van der Waals surface area (Å²) < 4.78 is 30.0. The number of hydrogen-bond acceptors (Lipinski definition) is 29. The monoisotopic (exact) mass is 2140 g/mol. The maximum Gasteiger partial charge on any atom is 0.410 e. The Kier molecular flexibility index (Phi) is 39.9. The maximum atomic E-state index is 12.3. The molecule has 0 aliphatic carbocycles. The predicted octanol–water partition coefficient (Wildman–Crippen LogP) is 15.2. The summed E-state index contributed by atoms with van der Waals surface area (Å²) in [5, 5.41) is 33.5. The van der Waals surface area contributed by atoms with Gasteiger partial charge in [0.1, 0.15) is 51.2 Å². The van der Waals surface area contributed by atoms with Crippen LogP contribution in [0, 0.1) is 20.2 Å². The number of pyridine rings is 8. The largest absolute Gasteiger partial charge is 0.444 e. The number of nitrogens with zero attached hydrogens (tertiary/aromatic N) is 18. The van der Waals surface area contributed by atoms with Crippen LogP contribution < -0.4 is 63.3 Å². The summed E-state index contributed by atoms with van der Waals surface area (Å²) in [6, 6.07) is 23.9. The van der Waals surface area contributed by atoms with Gasteiger partial charge in [-0.25, -0.2) is 34.1 Å². The number of nitrogens with one attached hydrogen (secondary N) is 4. The first-order valence-electron chi connectivity index (χ1n) is 42.4. The molecule has 0 aromatic carbocycles. The van der Waals surface area contributed by atoms with Gasteiger partial charge in [0.2, 0.25) is 0 Å². The molecule has 0 spiro atoms. The van der Waals surface area contributed by atoms with E-state index in [0.717, 1.165) is 86.5 Å². The van der Waals surface area contributed by atoms with E-state index in [-0.39, 0.29) is 70.8 Å². The van der Waals surface area contributed by atoms with Gasteiger partial charge in [0.05, 0.1) is 50.3 Å². The molecule has 13 rings (SSSR count). The lowest BCUT2D eigenvalue weighted by molar-refractivity contribution is -0.389. The van der Waals surface area contributed by atoms with E-state index in [4.69, 9.17) is 24.7 Å². The third-order valence-corrected chi connectivity index (χ3v) is 22.0. The van der Waals surface area contributed by atoms with E-state index in [1.165, 1.54) is 38.2 Å². The van der Waals surface area contributed by atoms with Crippen molar-refractivity contribution in [3.63, 3.8) is 0 Å². The van der Waals surface area contributed by atoms with Gasteiger partial charge in [-0.1, -0.05) is 0 Å². The average molecular weight is 2140 g/mol. The van der Waals surface area contributed by atoms with E-state index >= 15 is 0 Å². The second kappa shape index (κ2) is 48.7. The van der Waals surface area contributed by atoms with Crippen LogP contribution in [0.5, 0.6) is 0 Å². The zero-order valence-electron chi connectivity index (χ0n) is 77.8. The molecule has 8 aromatic rings. The van der Waals surface area contributed by atoms with Crippen LogP contribution >= 0.6 is 79.6 Å². The summed E-state index contributed by atoms with van der Waals surface area (Å²) in [6.45, 7) is 43.7. The molecule has 5 aliphatic rings. The van der Waals surface area contributed by atoms with Crippen molar-refractivity contribution in [2.24, 2.45) is 21.1 Å². The highest BCUT2D eigenvalue weighted by atomic mass is 79.9. The van der Waals surface area contributed by atoms with E-state index in [0.29, 0.717) is 97.7 Å². The summed E-state index contributed by atoms with van der Waals surface area (Å²) in [5.41, 5.74) is 8.36. The Balaban J connectivity index is 0.000000215. The van der Waals surface area contributed by atoms with Crippen molar-refractivity contribution in [2.75, 3.05) is 134 Å². The van der Waals surface area contributed by atoms with E-state index in [9.17, 15) is 53.8 Å². The minimum Gasteiger partial charge on any atom is -0.444 e. The minimum absolute atomic E-state index is 0.0248. The van der Waals surface area contributed by atoms with Crippen molar-refractivity contribution in [3.8, 4) is 0 Å². The SMILES string of the molecule is C[C@H]1CN(C(=O)OC(C)(C)C)CCN1.C[C@H]1CN(C(=O)OC(C)(C)C)CCN1c1ccc(N)nc1.C[C@H]1CN(C(=O)OC(C)(C)C)CCN1c1ccc(Nc2cc(Br)cn(C)c2=O)nc1.C[C@H]1CN(C(=O)OC(C)(C)C)CCN1c1ccc([N+](=O)[O-])nc1.C[C@H]1CNCCN1c1ccc(Nc2cc(Br)cn(C)c2=O)nc1.Cn1cc(Br)cc(Br)c1=O.O=[N+]([O-])c1ccc(Br)cn1. The first-order chi connectivity index (χ1) is 61.2. The van der Waals surface area contributed by atoms with Crippen LogP contribution in [0.3, 0.4) is 0 Å². The standard InChI is InChI=1S/C21H28BrN5O3.C16H20BrN5O.C15H22N4O4.C15H24N4O2.C10H20N2O2.C6H5Br2NO.C5H3BrN2O2/c1-14-12-26(20(29)30-21(2,3)4)8-9-27(14)16-6-7-18(23-11-16)24-17-10-15(22)13-25(5)19(17)28;1-11-8-18-5-6-22(11)13-3-4-15(19-9-13)20-14-7-12(17)10-21(2)16(14)23;1-11-10-17(14(20)23-15(2,3)4)7-8-18(11)12-5-6-13(16-9-12)19(21)22;1-11-10-18(14(20)21-15(2,3)4)7-8-19(11)12-5-6-13(16)17-9-12;1-8-7-12(6-5-11-8)9(13)14-10(2,3)4;1-9-3-4(7)2-5(8)6(9)10;6-4-1-2-5(7-3-4)8(9)10/h6-7,10-11,13-14H,8-9,12H2,1-5H3,(H,23,24);3-4,7,9-11,18H,5-6,8H2,1-2H3,(H,19,20);5-6,9,11H,7-8,10H2,1-4H3;5-6,9,11H,7-8,10H2,1-4H3,(H2,16,17);8,11H,5-7H2,1-4H3;2-3H,1H3;1-3H/t14-;3*11-;8-;;/m00000../s1. The third-order valence-electron chi connectivity index (χ3n) is 19.7. The van der Waals surface area contributed by atoms with Crippen LogP contribution in [0.25, 0.3) is 0 Å². The number of carbonyl (C=O) groups excluding carboxylic acids is 4. The Bertz CT molecular complexity index is 5280. The smallest absolute Gasteiger partial charge is 0.410 e. The average Bonchev–Trinajstić information content (AvgIpc) is 0.822. The molecular weight excluding hydrogens is 2020 g/mol. The second-order valence-corrected chi connectivity index (χ2v) is 40.1.